The third-order valence-electron chi connectivity index (χ3n) is 5.62. The molecule has 0 fully saturated rings. The minimum atomic E-state index is 0.648. The number of benzene rings is 4. The van der Waals surface area contributed by atoms with E-state index in [4.69, 9.17) is 9.40 Å². The van der Waals surface area contributed by atoms with E-state index in [1.807, 2.05) is 61.5 Å². The maximum absolute atomic E-state index is 6.18. The monoisotopic (exact) mass is 413 g/mol. The Kier molecular flexibility index (Phi) is 4.29. The van der Waals surface area contributed by atoms with Crippen molar-refractivity contribution in [3.63, 3.8) is 0 Å². The van der Waals surface area contributed by atoms with Gasteiger partial charge in [-0.1, -0.05) is 78.9 Å². The molecular weight excluding hydrogens is 394 g/mol. The zero-order chi connectivity index (χ0) is 21.5. The van der Waals surface area contributed by atoms with Gasteiger partial charge in [0.2, 0.25) is 0 Å². The number of nitrogens with zero attached hydrogens (tertiary/aromatic N) is 3. The van der Waals surface area contributed by atoms with E-state index in [2.05, 4.69) is 52.4 Å². The highest BCUT2D eigenvalue weighted by atomic mass is 16.3. The van der Waals surface area contributed by atoms with Crippen LogP contribution in [0.25, 0.3) is 55.8 Å². The van der Waals surface area contributed by atoms with Gasteiger partial charge in [-0.25, -0.2) is 15.0 Å². The summed E-state index contributed by atoms with van der Waals surface area (Å²) in [5.41, 5.74) is 5.89. The summed E-state index contributed by atoms with van der Waals surface area (Å²) in [7, 11) is 0. The van der Waals surface area contributed by atoms with Crippen molar-refractivity contribution in [1.29, 1.82) is 0 Å². The molecule has 0 atom stereocenters. The van der Waals surface area contributed by atoms with Crippen LogP contribution < -0.4 is 0 Å². The molecule has 0 unspecified atom stereocenters. The van der Waals surface area contributed by atoms with Crippen LogP contribution in [0.3, 0.4) is 0 Å². The van der Waals surface area contributed by atoms with Gasteiger partial charge in [0, 0.05) is 21.9 Å². The maximum atomic E-state index is 6.18. The summed E-state index contributed by atoms with van der Waals surface area (Å²) in [5, 5.41) is 2.07. The summed E-state index contributed by atoms with van der Waals surface area (Å²) < 4.78 is 6.18. The fourth-order valence-electron chi connectivity index (χ4n) is 4.14. The van der Waals surface area contributed by atoms with Gasteiger partial charge in [-0.3, -0.25) is 0 Å². The summed E-state index contributed by atoms with van der Waals surface area (Å²) in [5.74, 6) is 2.00. The van der Waals surface area contributed by atoms with Crippen LogP contribution in [0.2, 0.25) is 0 Å². The number of furan rings is 1. The molecule has 2 aromatic heterocycles. The summed E-state index contributed by atoms with van der Waals surface area (Å²) in [4.78, 5) is 14.1. The first-order chi connectivity index (χ1) is 15.8. The lowest BCUT2D eigenvalue weighted by Gasteiger charge is -2.07. The Morgan fingerprint density at radius 1 is 0.562 bits per heavy atom. The largest absolute Gasteiger partial charge is 0.456 e. The highest BCUT2D eigenvalue weighted by Crippen LogP contribution is 2.37. The van der Waals surface area contributed by atoms with E-state index in [-0.39, 0.29) is 0 Å². The molecule has 4 heteroatoms. The number of aryl methyl sites for hydroxylation is 1. The van der Waals surface area contributed by atoms with E-state index in [0.29, 0.717) is 17.5 Å². The number of hydrogen-bond donors (Lipinski definition) is 0. The van der Waals surface area contributed by atoms with Gasteiger partial charge >= 0.3 is 0 Å². The molecule has 4 nitrogen and oxygen atoms in total. The third-order valence-corrected chi connectivity index (χ3v) is 5.62. The van der Waals surface area contributed by atoms with Gasteiger partial charge in [0.1, 0.15) is 17.0 Å². The van der Waals surface area contributed by atoms with E-state index >= 15 is 0 Å². The van der Waals surface area contributed by atoms with Crippen molar-refractivity contribution in [1.82, 2.24) is 15.0 Å². The molecule has 32 heavy (non-hydrogen) atoms. The average molecular weight is 413 g/mol. The van der Waals surface area contributed by atoms with Crippen LogP contribution in [-0.2, 0) is 0 Å². The van der Waals surface area contributed by atoms with E-state index in [0.717, 1.165) is 38.6 Å². The van der Waals surface area contributed by atoms with Crippen molar-refractivity contribution in [3.05, 3.63) is 103 Å². The van der Waals surface area contributed by atoms with Crippen LogP contribution in [0.4, 0.5) is 0 Å². The third kappa shape index (κ3) is 3.13. The van der Waals surface area contributed by atoms with Crippen LogP contribution in [0.1, 0.15) is 5.82 Å². The molecule has 152 valence electrons. The van der Waals surface area contributed by atoms with Gasteiger partial charge in [-0.15, -0.1) is 0 Å². The van der Waals surface area contributed by atoms with Crippen molar-refractivity contribution in [2.24, 2.45) is 0 Å². The van der Waals surface area contributed by atoms with Crippen LogP contribution >= 0.6 is 0 Å². The number of fused-ring (bicyclic) bond motifs is 3. The number of rotatable bonds is 3. The van der Waals surface area contributed by atoms with Crippen LogP contribution in [0, 0.1) is 6.92 Å². The van der Waals surface area contributed by atoms with Crippen molar-refractivity contribution in [2.45, 2.75) is 6.92 Å². The zero-order valence-electron chi connectivity index (χ0n) is 17.5. The van der Waals surface area contributed by atoms with Crippen LogP contribution in [-0.4, -0.2) is 15.0 Å². The van der Waals surface area contributed by atoms with Crippen LogP contribution in [0.5, 0.6) is 0 Å². The lowest BCUT2D eigenvalue weighted by atomic mass is 10.0. The number of hydrogen-bond acceptors (Lipinski definition) is 4. The Morgan fingerprint density at radius 3 is 2.06 bits per heavy atom. The summed E-state index contributed by atoms with van der Waals surface area (Å²) in [6.45, 7) is 1.90. The molecule has 0 aliphatic rings. The van der Waals surface area contributed by atoms with Gasteiger partial charge in [-0.2, -0.15) is 0 Å². The van der Waals surface area contributed by atoms with Crippen molar-refractivity contribution in [3.8, 4) is 33.9 Å². The summed E-state index contributed by atoms with van der Waals surface area (Å²) in [6.07, 6.45) is 0. The van der Waals surface area contributed by atoms with E-state index in [1.54, 1.807) is 0 Å². The molecule has 2 heterocycles. The number of aromatic nitrogens is 3. The Morgan fingerprint density at radius 2 is 1.28 bits per heavy atom. The topological polar surface area (TPSA) is 51.8 Å². The highest BCUT2D eigenvalue weighted by Gasteiger charge is 2.16. The van der Waals surface area contributed by atoms with Gasteiger partial charge in [0.25, 0.3) is 0 Å². The molecule has 0 radical (unpaired) electrons. The molecule has 0 aliphatic heterocycles. The van der Waals surface area contributed by atoms with Gasteiger partial charge in [0.15, 0.2) is 11.6 Å². The Hall–Kier alpha value is -4.31. The quantitative estimate of drug-likeness (QED) is 0.311. The second-order valence-electron chi connectivity index (χ2n) is 7.75. The molecule has 6 rings (SSSR count). The van der Waals surface area contributed by atoms with Gasteiger partial charge < -0.3 is 4.42 Å². The molecule has 0 saturated carbocycles. The minimum Gasteiger partial charge on any atom is -0.456 e. The highest BCUT2D eigenvalue weighted by molar-refractivity contribution is 6.12. The predicted molar refractivity (Wildman–Crippen MR) is 128 cm³/mol. The van der Waals surface area contributed by atoms with Gasteiger partial charge in [0.05, 0.1) is 0 Å². The first-order valence-electron chi connectivity index (χ1n) is 10.6. The van der Waals surface area contributed by atoms with Crippen molar-refractivity contribution < 1.29 is 4.42 Å². The predicted octanol–water partition coefficient (Wildman–Crippen LogP) is 7.08. The van der Waals surface area contributed by atoms with Gasteiger partial charge in [-0.05, 0) is 36.2 Å². The molecule has 0 amide bonds. The van der Waals surface area contributed by atoms with Crippen LogP contribution in [0.15, 0.2) is 101 Å². The molecular formula is C28H19N3O. The standard InChI is InChI=1S/C28H19N3O/c1-18-29-27(20-11-6-3-7-12-20)31-28(30-18)22-13-8-14-25-26(22)23-17-21(15-16-24(23)32-25)19-9-4-2-5-10-19/h2-17H,1H3. The second kappa shape index (κ2) is 7.43. The summed E-state index contributed by atoms with van der Waals surface area (Å²) in [6, 6.07) is 32.7. The molecule has 4 aromatic carbocycles. The van der Waals surface area contributed by atoms with E-state index in [9.17, 15) is 0 Å². The molecule has 0 bridgehead atoms. The van der Waals surface area contributed by atoms with Crippen molar-refractivity contribution >= 4 is 21.9 Å². The summed E-state index contributed by atoms with van der Waals surface area (Å²) >= 11 is 0. The molecule has 0 aliphatic carbocycles. The average Bonchev–Trinajstić information content (AvgIpc) is 3.23. The Balaban J connectivity index is 1.59. The molecule has 6 aromatic rings. The lowest BCUT2D eigenvalue weighted by molar-refractivity contribution is 0.669. The first-order valence-corrected chi connectivity index (χ1v) is 10.6. The fourth-order valence-corrected chi connectivity index (χ4v) is 4.14. The SMILES string of the molecule is Cc1nc(-c2ccccc2)nc(-c2cccc3oc4ccc(-c5ccccc5)cc4c23)n1. The minimum absolute atomic E-state index is 0.648. The van der Waals surface area contributed by atoms with Crippen molar-refractivity contribution in [2.75, 3.05) is 0 Å². The lowest BCUT2D eigenvalue weighted by Crippen LogP contribution is -1.99. The Bertz CT molecular complexity index is 1570. The molecule has 0 N–H and O–H groups in total. The normalized spacial score (nSPS) is 11.3. The second-order valence-corrected chi connectivity index (χ2v) is 7.75. The Labute approximate surface area is 185 Å². The fraction of sp³-hybridized carbons (Fsp3) is 0.0357. The smallest absolute Gasteiger partial charge is 0.164 e. The van der Waals surface area contributed by atoms with E-state index in [1.165, 1.54) is 5.56 Å². The molecule has 0 saturated heterocycles. The maximum Gasteiger partial charge on any atom is 0.164 e. The van der Waals surface area contributed by atoms with E-state index < -0.39 is 0 Å². The molecule has 0 spiro atoms. The zero-order valence-corrected chi connectivity index (χ0v) is 17.5. The first kappa shape index (κ1) is 18.5.